The molecule has 1 amide bonds. The van der Waals surface area contributed by atoms with Gasteiger partial charge in [-0.05, 0) is 55.7 Å². The Kier molecular flexibility index (Phi) is 8.16. The van der Waals surface area contributed by atoms with Gasteiger partial charge in [-0.3, -0.25) is 4.79 Å². The number of hydrogen-bond donors (Lipinski definition) is 1. The van der Waals surface area contributed by atoms with E-state index in [1.54, 1.807) is 37.3 Å². The lowest BCUT2D eigenvalue weighted by atomic mass is 9.97. The molecule has 1 aliphatic heterocycles. The van der Waals surface area contributed by atoms with E-state index in [0.29, 0.717) is 29.1 Å². The van der Waals surface area contributed by atoms with Gasteiger partial charge in [-0.25, -0.2) is 17.5 Å². The maximum atomic E-state index is 12.7. The fourth-order valence-electron chi connectivity index (χ4n) is 3.49. The molecule has 10 heteroatoms. The monoisotopic (exact) mass is 498 g/mol. The molecule has 0 aliphatic carbocycles. The molecule has 1 N–H and O–H groups in total. The third-order valence-electron chi connectivity index (χ3n) is 5.21. The molecule has 0 atom stereocenters. The van der Waals surface area contributed by atoms with Gasteiger partial charge in [0.05, 0.1) is 22.9 Å². The third kappa shape index (κ3) is 6.22. The number of carbonyl (C=O) groups excluding carboxylic acids is 2. The predicted molar refractivity (Wildman–Crippen MR) is 124 cm³/mol. The maximum absolute atomic E-state index is 12.7. The fourth-order valence-corrected chi connectivity index (χ4v) is 5.38. The number of nitrogens with zero attached hydrogens (tertiary/aromatic N) is 1. The van der Waals surface area contributed by atoms with Crippen LogP contribution in [-0.4, -0.2) is 44.3 Å². The van der Waals surface area contributed by atoms with E-state index >= 15 is 0 Å². The Morgan fingerprint density at radius 1 is 1.09 bits per heavy atom. The van der Waals surface area contributed by atoms with Gasteiger partial charge in [-0.15, -0.1) is 0 Å². The van der Waals surface area contributed by atoms with Crippen molar-refractivity contribution < 1.29 is 22.7 Å². The molecule has 1 fully saturated rings. The van der Waals surface area contributed by atoms with Crippen LogP contribution in [0.3, 0.4) is 0 Å². The van der Waals surface area contributed by atoms with Crippen molar-refractivity contribution in [2.45, 2.75) is 25.5 Å². The number of ether oxygens (including phenoxy) is 1. The van der Waals surface area contributed by atoms with Crippen LogP contribution < -0.4 is 5.32 Å². The van der Waals surface area contributed by atoms with Gasteiger partial charge in [-0.1, -0.05) is 35.3 Å². The first-order chi connectivity index (χ1) is 15.2. The zero-order valence-corrected chi connectivity index (χ0v) is 19.8. The molecular formula is C22H24Cl2N2O5S. The van der Waals surface area contributed by atoms with Crippen molar-refractivity contribution >= 4 is 50.8 Å². The van der Waals surface area contributed by atoms with Crippen molar-refractivity contribution in [3.05, 3.63) is 63.6 Å². The van der Waals surface area contributed by atoms with Crippen LogP contribution in [0.2, 0.25) is 10.0 Å². The number of hydrogen-bond acceptors (Lipinski definition) is 5. The number of sulfonamides is 1. The van der Waals surface area contributed by atoms with E-state index in [0.717, 1.165) is 0 Å². The molecular weight excluding hydrogens is 475 g/mol. The highest BCUT2D eigenvalue weighted by atomic mass is 35.5. The SMILES string of the molecule is CCOC(=O)c1cc(NC(=O)C2CCN(S(=O)(=O)Cc3ccc(Cl)cc3)CC2)ccc1Cl. The molecule has 0 bridgehead atoms. The summed E-state index contributed by atoms with van der Waals surface area (Å²) in [4.78, 5) is 24.7. The highest BCUT2D eigenvalue weighted by Crippen LogP contribution is 2.25. The summed E-state index contributed by atoms with van der Waals surface area (Å²) >= 11 is 11.9. The van der Waals surface area contributed by atoms with E-state index in [-0.39, 0.29) is 47.9 Å². The molecule has 0 aromatic heterocycles. The van der Waals surface area contributed by atoms with Crippen molar-refractivity contribution in [2.75, 3.05) is 25.0 Å². The first kappa shape index (κ1) is 24.5. The number of carbonyl (C=O) groups is 2. The molecule has 2 aromatic carbocycles. The van der Waals surface area contributed by atoms with Crippen molar-refractivity contribution in [1.82, 2.24) is 4.31 Å². The minimum atomic E-state index is -3.49. The van der Waals surface area contributed by atoms with E-state index in [2.05, 4.69) is 5.32 Å². The Hall–Kier alpha value is -2.13. The van der Waals surface area contributed by atoms with Gasteiger partial charge in [0.1, 0.15) is 0 Å². The lowest BCUT2D eigenvalue weighted by molar-refractivity contribution is -0.120. The number of piperidine rings is 1. The van der Waals surface area contributed by atoms with Gasteiger partial charge in [0, 0.05) is 29.7 Å². The summed E-state index contributed by atoms with van der Waals surface area (Å²) in [7, 11) is -3.49. The summed E-state index contributed by atoms with van der Waals surface area (Å²) in [6, 6.07) is 11.3. The van der Waals surface area contributed by atoms with Crippen LogP contribution in [0.4, 0.5) is 5.69 Å². The molecule has 3 rings (SSSR count). The Balaban J connectivity index is 1.58. The quantitative estimate of drug-likeness (QED) is 0.572. The van der Waals surface area contributed by atoms with E-state index in [4.69, 9.17) is 27.9 Å². The van der Waals surface area contributed by atoms with E-state index < -0.39 is 16.0 Å². The van der Waals surface area contributed by atoms with Crippen LogP contribution in [0.15, 0.2) is 42.5 Å². The molecule has 1 aliphatic rings. The lowest BCUT2D eigenvalue weighted by Gasteiger charge is -2.30. The molecule has 32 heavy (non-hydrogen) atoms. The van der Waals surface area contributed by atoms with E-state index in [9.17, 15) is 18.0 Å². The van der Waals surface area contributed by atoms with Gasteiger partial charge in [0.2, 0.25) is 15.9 Å². The van der Waals surface area contributed by atoms with Crippen LogP contribution in [-0.2, 0) is 25.3 Å². The highest BCUT2D eigenvalue weighted by molar-refractivity contribution is 7.88. The number of nitrogens with one attached hydrogen (secondary N) is 1. The first-order valence-corrected chi connectivity index (χ1v) is 12.6. The number of benzene rings is 2. The second-order valence-electron chi connectivity index (χ2n) is 7.46. The molecule has 1 heterocycles. The van der Waals surface area contributed by atoms with Crippen molar-refractivity contribution in [2.24, 2.45) is 5.92 Å². The largest absolute Gasteiger partial charge is 0.462 e. The molecule has 0 saturated carbocycles. The summed E-state index contributed by atoms with van der Waals surface area (Å²) in [5.74, 6) is -1.23. The summed E-state index contributed by atoms with van der Waals surface area (Å²) < 4.78 is 31.9. The Labute approximate surface area is 197 Å². The van der Waals surface area contributed by atoms with E-state index in [1.165, 1.54) is 16.4 Å². The maximum Gasteiger partial charge on any atom is 0.339 e. The standard InChI is InChI=1S/C22H24Cl2N2O5S/c1-2-31-22(28)19-13-18(7-8-20(19)24)25-21(27)16-9-11-26(12-10-16)32(29,30)14-15-3-5-17(23)6-4-15/h3-8,13,16H,2,9-12,14H2,1H3,(H,25,27). The normalized spacial score (nSPS) is 15.3. The molecule has 0 unspecified atom stereocenters. The number of amides is 1. The molecule has 172 valence electrons. The van der Waals surface area contributed by atoms with Gasteiger partial charge >= 0.3 is 5.97 Å². The summed E-state index contributed by atoms with van der Waals surface area (Å²) in [6.45, 7) is 2.44. The van der Waals surface area contributed by atoms with Crippen LogP contribution in [0.1, 0.15) is 35.7 Å². The minimum absolute atomic E-state index is 0.109. The summed E-state index contributed by atoms with van der Waals surface area (Å²) in [5.41, 5.74) is 1.27. The second kappa shape index (κ2) is 10.7. The van der Waals surface area contributed by atoms with Crippen LogP contribution >= 0.6 is 23.2 Å². The van der Waals surface area contributed by atoms with Gasteiger partial charge in [-0.2, -0.15) is 0 Å². The predicted octanol–water partition coefficient (Wildman–Crippen LogP) is 4.35. The second-order valence-corrected chi connectivity index (χ2v) is 10.3. The van der Waals surface area contributed by atoms with Crippen molar-refractivity contribution in [3.63, 3.8) is 0 Å². The Bertz CT molecular complexity index is 1080. The average molecular weight is 499 g/mol. The number of rotatable bonds is 7. The Morgan fingerprint density at radius 2 is 1.75 bits per heavy atom. The number of halogens is 2. The van der Waals surface area contributed by atoms with Crippen molar-refractivity contribution in [3.8, 4) is 0 Å². The topological polar surface area (TPSA) is 92.8 Å². The summed E-state index contributed by atoms with van der Waals surface area (Å²) in [6.07, 6.45) is 0.814. The number of esters is 1. The van der Waals surface area contributed by atoms with Crippen molar-refractivity contribution in [1.29, 1.82) is 0 Å². The lowest BCUT2D eigenvalue weighted by Crippen LogP contribution is -2.41. The number of anilines is 1. The van der Waals surface area contributed by atoms with Crippen LogP contribution in [0.25, 0.3) is 0 Å². The zero-order valence-electron chi connectivity index (χ0n) is 17.5. The molecule has 0 spiro atoms. The zero-order chi connectivity index (χ0) is 23.3. The third-order valence-corrected chi connectivity index (χ3v) is 7.64. The summed E-state index contributed by atoms with van der Waals surface area (Å²) in [5, 5.41) is 3.57. The molecule has 7 nitrogen and oxygen atoms in total. The van der Waals surface area contributed by atoms with Crippen LogP contribution in [0.5, 0.6) is 0 Å². The van der Waals surface area contributed by atoms with E-state index in [1.807, 2.05) is 0 Å². The highest BCUT2D eigenvalue weighted by Gasteiger charge is 2.31. The van der Waals surface area contributed by atoms with Gasteiger partial charge in [0.15, 0.2) is 0 Å². The smallest absolute Gasteiger partial charge is 0.339 e. The van der Waals surface area contributed by atoms with Gasteiger partial charge in [0.25, 0.3) is 0 Å². The molecule has 0 radical (unpaired) electrons. The average Bonchev–Trinajstić information content (AvgIpc) is 2.76. The van der Waals surface area contributed by atoms with Crippen LogP contribution in [0, 0.1) is 5.92 Å². The van der Waals surface area contributed by atoms with Gasteiger partial charge < -0.3 is 10.1 Å². The first-order valence-electron chi connectivity index (χ1n) is 10.2. The minimum Gasteiger partial charge on any atom is -0.462 e. The molecule has 1 saturated heterocycles. The Morgan fingerprint density at radius 3 is 2.38 bits per heavy atom. The molecule has 2 aromatic rings. The fraction of sp³-hybridized carbons (Fsp3) is 0.364.